The summed E-state index contributed by atoms with van der Waals surface area (Å²) in [5.41, 5.74) is 0.707. The Bertz CT molecular complexity index is 604. The molecule has 2 rings (SSSR count). The Morgan fingerprint density at radius 3 is 2.67 bits per heavy atom. The largest absolute Gasteiger partial charge is 0.373 e. The number of thioether (sulfide) groups is 1. The molecule has 1 aromatic carbocycles. The van der Waals surface area contributed by atoms with E-state index < -0.39 is 0 Å². The molecule has 0 unspecified atom stereocenters. The monoisotopic (exact) mass is 264 g/mol. The van der Waals surface area contributed by atoms with Gasteiger partial charge in [0.05, 0.1) is 10.9 Å². The van der Waals surface area contributed by atoms with Gasteiger partial charge in [-0.25, -0.2) is 4.98 Å². The topological polar surface area (TPSA) is 79.9 Å². The average Bonchev–Trinajstić information content (AvgIpc) is 2.37. The molecule has 18 heavy (non-hydrogen) atoms. The van der Waals surface area contributed by atoms with E-state index in [1.807, 2.05) is 18.2 Å². The summed E-state index contributed by atoms with van der Waals surface area (Å²) in [6.07, 6.45) is 1.32. The fourth-order valence-corrected chi connectivity index (χ4v) is 2.06. The molecule has 0 bridgehead atoms. The highest BCUT2D eigenvalue weighted by Gasteiger charge is 2.02. The molecule has 0 aliphatic heterocycles. The molecular weight excluding hydrogens is 252 g/mol. The number of carbonyl (C=O) groups excluding carboxylic acids is 2. The lowest BCUT2D eigenvalue weighted by Gasteiger charge is -2.00. The lowest BCUT2D eigenvalue weighted by atomic mass is 10.2. The number of para-hydroxylation sites is 1. The second-order valence-electron chi connectivity index (χ2n) is 3.32. The van der Waals surface area contributed by atoms with Gasteiger partial charge in [0.15, 0.2) is 5.16 Å². The van der Waals surface area contributed by atoms with Crippen molar-refractivity contribution in [3.8, 4) is 0 Å². The zero-order chi connectivity index (χ0) is 13.4. The number of nitrogens with zero attached hydrogens (tertiary/aromatic N) is 1. The molecule has 0 amide bonds. The van der Waals surface area contributed by atoms with Crippen molar-refractivity contribution in [1.82, 2.24) is 9.97 Å². The van der Waals surface area contributed by atoms with E-state index in [-0.39, 0.29) is 11.7 Å². The maximum atomic E-state index is 11.7. The predicted octanol–water partition coefficient (Wildman–Crippen LogP) is 1.84. The van der Waals surface area contributed by atoms with Crippen LogP contribution in [0.4, 0.5) is 0 Å². The highest BCUT2D eigenvalue weighted by Crippen LogP contribution is 2.14. The molecule has 94 valence electrons. The third-order valence-electron chi connectivity index (χ3n) is 2.03. The van der Waals surface area contributed by atoms with Gasteiger partial charge in [-0.05, 0) is 18.6 Å². The van der Waals surface area contributed by atoms with Crippen molar-refractivity contribution in [2.45, 2.75) is 18.5 Å². The Morgan fingerprint density at radius 2 is 2.00 bits per heavy atom. The van der Waals surface area contributed by atoms with Gasteiger partial charge < -0.3 is 4.98 Å². The van der Waals surface area contributed by atoms with E-state index in [0.29, 0.717) is 10.5 Å². The van der Waals surface area contributed by atoms with Gasteiger partial charge in [-0.15, -0.1) is 0 Å². The van der Waals surface area contributed by atoms with Crippen LogP contribution in [0.2, 0.25) is 0 Å². The smallest absolute Gasteiger partial charge is 0.301 e. The number of aromatic amines is 1. The minimum Gasteiger partial charge on any atom is -0.301 e. The standard InChI is InChI=1S/C11H12N2OS.CO2/c1-2-7-15-11-12-9-6-4-3-5-8(9)10(14)13-11;2-1-3/h3-6H,2,7H2,1H3,(H,12,13,14);. The van der Waals surface area contributed by atoms with Crippen LogP contribution in [-0.4, -0.2) is 21.9 Å². The number of rotatable bonds is 3. The Balaban J connectivity index is 0.000000492. The molecule has 2 aromatic rings. The van der Waals surface area contributed by atoms with Crippen LogP contribution in [0.1, 0.15) is 13.3 Å². The van der Waals surface area contributed by atoms with Gasteiger partial charge in [0, 0.05) is 5.75 Å². The SMILES string of the molecule is CCCSc1nc2ccccc2c(=O)[nH]1.O=C=O. The molecule has 0 atom stereocenters. The van der Waals surface area contributed by atoms with Crippen molar-refractivity contribution in [2.24, 2.45) is 0 Å². The highest BCUT2D eigenvalue weighted by molar-refractivity contribution is 7.99. The van der Waals surface area contributed by atoms with Crippen LogP contribution in [0.15, 0.2) is 34.2 Å². The number of fused-ring (bicyclic) bond motifs is 1. The van der Waals surface area contributed by atoms with Crippen LogP contribution >= 0.6 is 11.8 Å². The fraction of sp³-hybridized carbons (Fsp3) is 0.250. The van der Waals surface area contributed by atoms with Crippen molar-refractivity contribution >= 4 is 28.8 Å². The van der Waals surface area contributed by atoms with E-state index in [4.69, 9.17) is 9.59 Å². The summed E-state index contributed by atoms with van der Waals surface area (Å²) < 4.78 is 0. The van der Waals surface area contributed by atoms with Crippen molar-refractivity contribution in [3.05, 3.63) is 34.6 Å². The van der Waals surface area contributed by atoms with Gasteiger partial charge in [0.25, 0.3) is 5.56 Å². The molecule has 1 aromatic heterocycles. The first kappa shape index (κ1) is 14.2. The molecule has 1 N–H and O–H groups in total. The highest BCUT2D eigenvalue weighted by atomic mass is 32.2. The van der Waals surface area contributed by atoms with Gasteiger partial charge in [0.2, 0.25) is 0 Å². The summed E-state index contributed by atoms with van der Waals surface area (Å²) in [6.45, 7) is 2.10. The van der Waals surface area contributed by atoms with E-state index in [2.05, 4.69) is 16.9 Å². The number of aromatic nitrogens is 2. The molecule has 0 spiro atoms. The maximum Gasteiger partial charge on any atom is 0.373 e. The van der Waals surface area contributed by atoms with Gasteiger partial charge in [-0.2, -0.15) is 9.59 Å². The quantitative estimate of drug-likeness (QED) is 0.676. The molecule has 5 nitrogen and oxygen atoms in total. The molecule has 0 saturated carbocycles. The Kier molecular flexibility index (Phi) is 5.84. The maximum absolute atomic E-state index is 11.7. The summed E-state index contributed by atoms with van der Waals surface area (Å²) in [5.74, 6) is 0.973. The third-order valence-corrected chi connectivity index (χ3v) is 3.11. The first-order chi connectivity index (χ1) is 8.72. The number of hydrogen-bond donors (Lipinski definition) is 1. The molecule has 1 heterocycles. The van der Waals surface area contributed by atoms with Crippen molar-refractivity contribution in [1.29, 1.82) is 0 Å². The lowest BCUT2D eigenvalue weighted by molar-refractivity contribution is -0.191. The van der Waals surface area contributed by atoms with E-state index in [1.54, 1.807) is 17.8 Å². The Hall–Kier alpha value is -1.91. The fourth-order valence-electron chi connectivity index (χ4n) is 1.33. The molecule has 6 heteroatoms. The van der Waals surface area contributed by atoms with Crippen molar-refractivity contribution in [3.63, 3.8) is 0 Å². The van der Waals surface area contributed by atoms with E-state index in [1.165, 1.54) is 0 Å². The van der Waals surface area contributed by atoms with Gasteiger partial charge >= 0.3 is 6.15 Å². The van der Waals surface area contributed by atoms with Crippen molar-refractivity contribution < 1.29 is 9.59 Å². The van der Waals surface area contributed by atoms with Gasteiger partial charge in [0.1, 0.15) is 0 Å². The molecule has 0 aliphatic carbocycles. The minimum atomic E-state index is -0.0563. The van der Waals surface area contributed by atoms with Crippen LogP contribution in [0.25, 0.3) is 10.9 Å². The minimum absolute atomic E-state index is 0.0563. The van der Waals surface area contributed by atoms with Crippen LogP contribution in [0.3, 0.4) is 0 Å². The number of H-pyrrole nitrogens is 1. The first-order valence-electron chi connectivity index (χ1n) is 5.34. The normalized spacial score (nSPS) is 9.39. The molecule has 0 aliphatic rings. The molecular formula is C12H12N2O3S. The van der Waals surface area contributed by atoms with Crippen LogP contribution < -0.4 is 5.56 Å². The Morgan fingerprint density at radius 1 is 1.33 bits per heavy atom. The lowest BCUT2D eigenvalue weighted by Crippen LogP contribution is -2.08. The van der Waals surface area contributed by atoms with Gasteiger partial charge in [-0.1, -0.05) is 30.8 Å². The summed E-state index contributed by atoms with van der Waals surface area (Å²) in [7, 11) is 0. The first-order valence-corrected chi connectivity index (χ1v) is 6.32. The second-order valence-corrected chi connectivity index (χ2v) is 4.40. The summed E-state index contributed by atoms with van der Waals surface area (Å²) in [4.78, 5) is 35.1. The summed E-state index contributed by atoms with van der Waals surface area (Å²) >= 11 is 1.58. The number of benzene rings is 1. The van der Waals surface area contributed by atoms with Crippen LogP contribution in [-0.2, 0) is 9.59 Å². The van der Waals surface area contributed by atoms with Gasteiger partial charge in [-0.3, -0.25) is 4.79 Å². The van der Waals surface area contributed by atoms with E-state index in [0.717, 1.165) is 17.7 Å². The predicted molar refractivity (Wildman–Crippen MR) is 68.4 cm³/mol. The van der Waals surface area contributed by atoms with Crippen molar-refractivity contribution in [2.75, 3.05) is 5.75 Å². The second kappa shape index (κ2) is 7.42. The molecule has 0 saturated heterocycles. The molecule has 0 radical (unpaired) electrons. The molecule has 0 fully saturated rings. The van der Waals surface area contributed by atoms with E-state index >= 15 is 0 Å². The van der Waals surface area contributed by atoms with Crippen LogP contribution in [0, 0.1) is 0 Å². The summed E-state index contributed by atoms with van der Waals surface area (Å²) in [6, 6.07) is 7.39. The van der Waals surface area contributed by atoms with Crippen LogP contribution in [0.5, 0.6) is 0 Å². The summed E-state index contributed by atoms with van der Waals surface area (Å²) in [5, 5.41) is 1.36. The average molecular weight is 264 g/mol. The zero-order valence-electron chi connectivity index (χ0n) is 9.80. The third kappa shape index (κ3) is 3.84. The Labute approximate surface area is 108 Å². The number of hydrogen-bond acceptors (Lipinski definition) is 5. The number of nitrogens with one attached hydrogen (secondary N) is 1. The van der Waals surface area contributed by atoms with E-state index in [9.17, 15) is 4.79 Å². The zero-order valence-corrected chi connectivity index (χ0v) is 10.6.